The molecule has 1 unspecified atom stereocenters. The summed E-state index contributed by atoms with van der Waals surface area (Å²) in [6.45, 7) is 4.09. The van der Waals surface area contributed by atoms with E-state index in [0.29, 0.717) is 19.0 Å². The Morgan fingerprint density at radius 3 is 2.81 bits per heavy atom. The molecule has 1 heterocycles. The van der Waals surface area contributed by atoms with Crippen molar-refractivity contribution in [3.63, 3.8) is 0 Å². The Morgan fingerprint density at radius 1 is 1.43 bits per heavy atom. The van der Waals surface area contributed by atoms with E-state index in [1.165, 1.54) is 6.26 Å². The molecule has 0 amide bonds. The molecule has 1 N–H and O–H groups in total. The number of piperidine rings is 1. The van der Waals surface area contributed by atoms with Crippen LogP contribution in [-0.4, -0.2) is 45.7 Å². The van der Waals surface area contributed by atoms with Gasteiger partial charge in [0, 0.05) is 25.3 Å². The predicted octanol–water partition coefficient (Wildman–Crippen LogP) is 2.09. The molecule has 0 aromatic heterocycles. The number of nitrogens with zero attached hydrogens (tertiary/aromatic N) is 1. The van der Waals surface area contributed by atoms with Crippen LogP contribution in [0.5, 0.6) is 5.75 Å². The van der Waals surface area contributed by atoms with Crippen molar-refractivity contribution >= 4 is 15.7 Å². The van der Waals surface area contributed by atoms with Gasteiger partial charge in [-0.25, -0.2) is 12.7 Å². The maximum atomic E-state index is 11.6. The molecule has 1 atom stereocenters. The van der Waals surface area contributed by atoms with Gasteiger partial charge in [0.2, 0.25) is 10.0 Å². The maximum Gasteiger partial charge on any atom is 0.211 e. The van der Waals surface area contributed by atoms with Crippen LogP contribution in [-0.2, 0) is 10.0 Å². The highest BCUT2D eigenvalue weighted by molar-refractivity contribution is 7.88. The molecule has 2 rings (SSSR count). The summed E-state index contributed by atoms with van der Waals surface area (Å²) < 4.78 is 30.0. The van der Waals surface area contributed by atoms with Crippen LogP contribution in [0.2, 0.25) is 0 Å². The van der Waals surface area contributed by atoms with E-state index in [1.807, 2.05) is 25.1 Å². The minimum absolute atomic E-state index is 0.356. The fourth-order valence-corrected chi connectivity index (χ4v) is 3.65. The molecule has 6 heteroatoms. The zero-order valence-electron chi connectivity index (χ0n) is 12.9. The third kappa shape index (κ3) is 4.35. The van der Waals surface area contributed by atoms with E-state index in [0.717, 1.165) is 36.4 Å². The first-order chi connectivity index (χ1) is 9.90. The van der Waals surface area contributed by atoms with E-state index in [-0.39, 0.29) is 0 Å². The van der Waals surface area contributed by atoms with E-state index >= 15 is 0 Å². The van der Waals surface area contributed by atoms with Crippen molar-refractivity contribution in [2.45, 2.75) is 19.8 Å². The SMILES string of the molecule is COc1ccc(NCC2CCCN(S(C)(=O)=O)C2)c(C)c1. The molecule has 118 valence electrons. The Kier molecular flexibility index (Phi) is 5.11. The van der Waals surface area contributed by atoms with Crippen LogP contribution in [0.1, 0.15) is 18.4 Å². The topological polar surface area (TPSA) is 58.6 Å². The van der Waals surface area contributed by atoms with Crippen molar-refractivity contribution in [3.8, 4) is 5.75 Å². The summed E-state index contributed by atoms with van der Waals surface area (Å²) in [7, 11) is -1.41. The van der Waals surface area contributed by atoms with Crippen LogP contribution < -0.4 is 10.1 Å². The molecular formula is C15H24N2O3S. The minimum atomic E-state index is -3.07. The highest BCUT2D eigenvalue weighted by Gasteiger charge is 2.25. The fraction of sp³-hybridized carbons (Fsp3) is 0.600. The maximum absolute atomic E-state index is 11.6. The molecule has 1 fully saturated rings. The van der Waals surface area contributed by atoms with Gasteiger partial charge in [0.25, 0.3) is 0 Å². The number of hydrogen-bond acceptors (Lipinski definition) is 4. The quantitative estimate of drug-likeness (QED) is 0.904. The second-order valence-corrected chi connectivity index (χ2v) is 7.67. The molecule has 0 saturated carbocycles. The largest absolute Gasteiger partial charge is 0.497 e. The monoisotopic (exact) mass is 312 g/mol. The summed E-state index contributed by atoms with van der Waals surface area (Å²) in [5.41, 5.74) is 2.21. The van der Waals surface area contributed by atoms with Gasteiger partial charge in [-0.2, -0.15) is 0 Å². The molecule has 1 aromatic rings. The number of anilines is 1. The van der Waals surface area contributed by atoms with Gasteiger partial charge >= 0.3 is 0 Å². The summed E-state index contributed by atoms with van der Waals surface area (Å²) >= 11 is 0. The lowest BCUT2D eigenvalue weighted by atomic mass is 9.99. The number of aryl methyl sites for hydroxylation is 1. The summed E-state index contributed by atoms with van der Waals surface area (Å²) in [5, 5.41) is 3.43. The van der Waals surface area contributed by atoms with Crippen molar-refractivity contribution in [3.05, 3.63) is 23.8 Å². The molecule has 1 aliphatic heterocycles. The molecule has 0 spiro atoms. The van der Waals surface area contributed by atoms with E-state index in [2.05, 4.69) is 5.32 Å². The van der Waals surface area contributed by atoms with Crippen molar-refractivity contribution < 1.29 is 13.2 Å². The summed E-state index contributed by atoms with van der Waals surface area (Å²) in [6.07, 6.45) is 3.28. The molecule has 1 saturated heterocycles. The minimum Gasteiger partial charge on any atom is -0.497 e. The number of benzene rings is 1. The van der Waals surface area contributed by atoms with Gasteiger partial charge in [0.15, 0.2) is 0 Å². The Morgan fingerprint density at radius 2 is 2.19 bits per heavy atom. The average molecular weight is 312 g/mol. The summed E-state index contributed by atoms with van der Waals surface area (Å²) in [5.74, 6) is 1.20. The highest BCUT2D eigenvalue weighted by atomic mass is 32.2. The molecule has 0 bridgehead atoms. The second-order valence-electron chi connectivity index (χ2n) is 5.69. The summed E-state index contributed by atoms with van der Waals surface area (Å²) in [6, 6.07) is 5.93. The van der Waals surface area contributed by atoms with Crippen LogP contribution in [0.25, 0.3) is 0 Å². The highest BCUT2D eigenvalue weighted by Crippen LogP contribution is 2.23. The zero-order chi connectivity index (χ0) is 15.5. The third-order valence-corrected chi connectivity index (χ3v) is 5.24. The van der Waals surface area contributed by atoms with Gasteiger partial charge in [0.1, 0.15) is 5.75 Å². The molecule has 0 radical (unpaired) electrons. The van der Waals surface area contributed by atoms with E-state index in [9.17, 15) is 8.42 Å². The number of rotatable bonds is 5. The first kappa shape index (κ1) is 16.1. The van der Waals surface area contributed by atoms with E-state index in [1.54, 1.807) is 11.4 Å². The number of methoxy groups -OCH3 is 1. The number of ether oxygens (including phenoxy) is 1. The Balaban J connectivity index is 1.94. The van der Waals surface area contributed by atoms with Gasteiger partial charge < -0.3 is 10.1 Å². The van der Waals surface area contributed by atoms with Crippen LogP contribution in [0, 0.1) is 12.8 Å². The average Bonchev–Trinajstić information content (AvgIpc) is 2.45. The van der Waals surface area contributed by atoms with E-state index < -0.39 is 10.0 Å². The van der Waals surface area contributed by atoms with E-state index in [4.69, 9.17) is 4.74 Å². The number of sulfonamides is 1. The molecule has 21 heavy (non-hydrogen) atoms. The lowest BCUT2D eigenvalue weighted by molar-refractivity contribution is 0.277. The van der Waals surface area contributed by atoms with Gasteiger partial charge in [0.05, 0.1) is 13.4 Å². The lowest BCUT2D eigenvalue weighted by Gasteiger charge is -2.31. The van der Waals surface area contributed by atoms with Gasteiger partial charge in [-0.15, -0.1) is 0 Å². The van der Waals surface area contributed by atoms with Crippen molar-refractivity contribution in [2.24, 2.45) is 5.92 Å². The van der Waals surface area contributed by atoms with Gasteiger partial charge in [-0.1, -0.05) is 0 Å². The smallest absolute Gasteiger partial charge is 0.211 e. The van der Waals surface area contributed by atoms with Crippen molar-refractivity contribution in [2.75, 3.05) is 38.3 Å². The standard InChI is InChI=1S/C15H24N2O3S/c1-12-9-14(20-2)6-7-15(12)16-10-13-5-4-8-17(11-13)21(3,18)19/h6-7,9,13,16H,4-5,8,10-11H2,1-3H3. The zero-order valence-corrected chi connectivity index (χ0v) is 13.7. The number of hydrogen-bond donors (Lipinski definition) is 1. The second kappa shape index (κ2) is 6.66. The van der Waals surface area contributed by atoms with Crippen LogP contribution in [0.4, 0.5) is 5.69 Å². The van der Waals surface area contributed by atoms with Crippen molar-refractivity contribution in [1.82, 2.24) is 4.31 Å². The van der Waals surface area contributed by atoms with Crippen LogP contribution >= 0.6 is 0 Å². The normalized spacial score (nSPS) is 20.2. The molecule has 1 aromatic carbocycles. The Labute approximate surface area is 127 Å². The molecular weight excluding hydrogens is 288 g/mol. The Hall–Kier alpha value is -1.27. The van der Waals surface area contributed by atoms with Crippen LogP contribution in [0.15, 0.2) is 18.2 Å². The van der Waals surface area contributed by atoms with Gasteiger partial charge in [-0.05, 0) is 49.4 Å². The first-order valence-corrected chi connectivity index (χ1v) is 9.08. The molecule has 0 aliphatic carbocycles. The number of nitrogens with one attached hydrogen (secondary N) is 1. The Bertz CT molecular complexity index is 587. The van der Waals surface area contributed by atoms with Crippen LogP contribution in [0.3, 0.4) is 0 Å². The molecule has 1 aliphatic rings. The predicted molar refractivity (Wildman–Crippen MR) is 85.4 cm³/mol. The third-order valence-electron chi connectivity index (χ3n) is 3.97. The first-order valence-electron chi connectivity index (χ1n) is 7.24. The lowest BCUT2D eigenvalue weighted by Crippen LogP contribution is -2.41. The van der Waals surface area contributed by atoms with Gasteiger partial charge in [-0.3, -0.25) is 0 Å². The van der Waals surface area contributed by atoms with Crippen molar-refractivity contribution in [1.29, 1.82) is 0 Å². The fourth-order valence-electron chi connectivity index (χ4n) is 2.71. The summed E-state index contributed by atoms with van der Waals surface area (Å²) in [4.78, 5) is 0. The molecule has 5 nitrogen and oxygen atoms in total.